The van der Waals surface area contributed by atoms with E-state index in [9.17, 15) is 19.8 Å². The number of carbonyl (C=O) groups is 2. The summed E-state index contributed by atoms with van der Waals surface area (Å²) in [4.78, 5) is 23.3. The summed E-state index contributed by atoms with van der Waals surface area (Å²) < 4.78 is 0. The molecule has 130 valence electrons. The molecule has 0 radical (unpaired) electrons. The van der Waals surface area contributed by atoms with Gasteiger partial charge >= 0.3 is 0 Å². The van der Waals surface area contributed by atoms with Gasteiger partial charge in [-0.05, 0) is 0 Å². The van der Waals surface area contributed by atoms with E-state index in [-0.39, 0.29) is 26.3 Å². The summed E-state index contributed by atoms with van der Waals surface area (Å²) in [5.74, 6) is -1.30. The van der Waals surface area contributed by atoms with E-state index in [1.54, 1.807) is 27.7 Å². The first-order chi connectivity index (χ1) is 9.99. The Morgan fingerprint density at radius 3 is 1.32 bits per heavy atom. The number of amides is 2. The van der Waals surface area contributed by atoms with Gasteiger partial charge in [-0.15, -0.1) is 0 Å². The van der Waals surface area contributed by atoms with Crippen molar-refractivity contribution in [1.82, 2.24) is 10.6 Å². The molecule has 2 unspecified atom stereocenters. The van der Waals surface area contributed by atoms with Crippen LogP contribution in [0.15, 0.2) is 0 Å². The van der Waals surface area contributed by atoms with Gasteiger partial charge in [0.25, 0.3) is 0 Å². The molecule has 8 nitrogen and oxygen atoms in total. The van der Waals surface area contributed by atoms with Crippen LogP contribution in [-0.4, -0.2) is 70.8 Å². The van der Waals surface area contributed by atoms with Crippen molar-refractivity contribution in [3.63, 3.8) is 0 Å². The first-order valence-electron chi connectivity index (χ1n) is 7.13. The number of aliphatic hydroxyl groups is 4. The minimum atomic E-state index is -1.37. The maximum Gasteiger partial charge on any atom is 0.249 e. The van der Waals surface area contributed by atoms with Crippen LogP contribution in [0.3, 0.4) is 0 Å². The average molecular weight is 320 g/mol. The van der Waals surface area contributed by atoms with Gasteiger partial charge in [-0.1, -0.05) is 27.7 Å². The molecule has 0 aromatic rings. The summed E-state index contributed by atoms with van der Waals surface area (Å²) in [5.41, 5.74) is -1.93. The summed E-state index contributed by atoms with van der Waals surface area (Å²) in [6, 6.07) is 0. The van der Waals surface area contributed by atoms with E-state index in [1.165, 1.54) is 0 Å². The van der Waals surface area contributed by atoms with Crippen molar-refractivity contribution in [2.45, 2.75) is 39.9 Å². The second-order valence-corrected chi connectivity index (χ2v) is 6.68. The number of hydrogen-bond acceptors (Lipinski definition) is 6. The van der Waals surface area contributed by atoms with Gasteiger partial charge in [-0.2, -0.15) is 0 Å². The minimum absolute atomic E-state index is 0.0649. The molecule has 2 atom stereocenters. The lowest BCUT2D eigenvalue weighted by Gasteiger charge is -2.28. The number of hydrogen-bond donors (Lipinski definition) is 6. The van der Waals surface area contributed by atoms with Crippen LogP contribution in [0.5, 0.6) is 0 Å². The van der Waals surface area contributed by atoms with E-state index in [2.05, 4.69) is 10.6 Å². The number of aliphatic hydroxyl groups excluding tert-OH is 4. The van der Waals surface area contributed by atoms with Gasteiger partial charge in [-0.3, -0.25) is 9.59 Å². The second kappa shape index (κ2) is 8.42. The first kappa shape index (κ1) is 20.8. The molecule has 2 amide bonds. The SMILES string of the molecule is CC(C)(CO)C(O)C(=O)NCCNC(=O)C(O)C(C)(C)CO. The van der Waals surface area contributed by atoms with Crippen LogP contribution in [-0.2, 0) is 9.59 Å². The van der Waals surface area contributed by atoms with Gasteiger partial charge in [0, 0.05) is 23.9 Å². The molecule has 0 rings (SSSR count). The molecule has 0 saturated carbocycles. The van der Waals surface area contributed by atoms with Crippen LogP contribution in [0.1, 0.15) is 27.7 Å². The molecule has 8 heteroatoms. The number of nitrogens with one attached hydrogen (secondary N) is 2. The lowest BCUT2D eigenvalue weighted by molar-refractivity contribution is -0.138. The molecule has 0 aromatic carbocycles. The Morgan fingerprint density at radius 1 is 0.818 bits per heavy atom. The van der Waals surface area contributed by atoms with Crippen molar-refractivity contribution in [2.24, 2.45) is 10.8 Å². The highest BCUT2D eigenvalue weighted by atomic mass is 16.3. The fourth-order valence-corrected chi connectivity index (χ4v) is 1.45. The highest BCUT2D eigenvalue weighted by Gasteiger charge is 2.34. The maximum absolute atomic E-state index is 11.7. The predicted octanol–water partition coefficient (Wildman–Crippen LogP) is -2.02. The van der Waals surface area contributed by atoms with E-state index >= 15 is 0 Å². The Labute approximate surface area is 130 Å². The van der Waals surface area contributed by atoms with E-state index in [1.807, 2.05) is 0 Å². The first-order valence-corrected chi connectivity index (χ1v) is 7.13. The zero-order valence-corrected chi connectivity index (χ0v) is 13.6. The molecule has 0 saturated heterocycles. The van der Waals surface area contributed by atoms with Crippen molar-refractivity contribution in [1.29, 1.82) is 0 Å². The Morgan fingerprint density at radius 2 is 1.09 bits per heavy atom. The molecule has 0 bridgehead atoms. The van der Waals surface area contributed by atoms with Crippen LogP contribution < -0.4 is 10.6 Å². The predicted molar refractivity (Wildman–Crippen MR) is 79.8 cm³/mol. The van der Waals surface area contributed by atoms with Crippen molar-refractivity contribution in [2.75, 3.05) is 26.3 Å². The number of rotatable bonds is 9. The summed E-state index contributed by atoms with van der Waals surface area (Å²) >= 11 is 0. The summed E-state index contributed by atoms with van der Waals surface area (Å²) in [7, 11) is 0. The molecular weight excluding hydrogens is 292 g/mol. The fraction of sp³-hybridized carbons (Fsp3) is 0.857. The van der Waals surface area contributed by atoms with Gasteiger partial charge in [0.2, 0.25) is 11.8 Å². The molecule has 22 heavy (non-hydrogen) atoms. The third-order valence-electron chi connectivity index (χ3n) is 3.52. The standard InChI is InChI=1S/C14H28N2O6/c1-13(2,7-17)9(19)11(21)15-5-6-16-12(22)10(20)14(3,4)8-18/h9-10,17-20H,5-8H2,1-4H3,(H,15,21)(H,16,22). The van der Waals surface area contributed by atoms with Crippen molar-refractivity contribution < 1.29 is 30.0 Å². The van der Waals surface area contributed by atoms with Crippen LogP contribution >= 0.6 is 0 Å². The Kier molecular flexibility index (Phi) is 7.96. The van der Waals surface area contributed by atoms with Crippen molar-refractivity contribution in [3.8, 4) is 0 Å². The summed E-state index contributed by atoms with van der Waals surface area (Å²) in [6.07, 6.45) is -2.74. The van der Waals surface area contributed by atoms with Gasteiger partial charge < -0.3 is 31.1 Å². The molecule has 0 fully saturated rings. The number of carbonyl (C=O) groups excluding carboxylic acids is 2. The molecule has 0 spiro atoms. The Balaban J connectivity index is 4.19. The third-order valence-corrected chi connectivity index (χ3v) is 3.52. The van der Waals surface area contributed by atoms with Crippen molar-refractivity contribution >= 4 is 11.8 Å². The second-order valence-electron chi connectivity index (χ2n) is 6.68. The molecule has 0 aliphatic heterocycles. The zero-order valence-electron chi connectivity index (χ0n) is 13.6. The van der Waals surface area contributed by atoms with Crippen LogP contribution in [0.4, 0.5) is 0 Å². The topological polar surface area (TPSA) is 139 Å². The highest BCUT2D eigenvalue weighted by molar-refractivity contribution is 5.82. The van der Waals surface area contributed by atoms with Crippen LogP contribution in [0.25, 0.3) is 0 Å². The third kappa shape index (κ3) is 5.88. The fourth-order valence-electron chi connectivity index (χ4n) is 1.45. The van der Waals surface area contributed by atoms with E-state index in [0.29, 0.717) is 0 Å². The quantitative estimate of drug-likeness (QED) is 0.271. The molecule has 6 N–H and O–H groups in total. The van der Waals surface area contributed by atoms with Gasteiger partial charge in [0.15, 0.2) is 0 Å². The van der Waals surface area contributed by atoms with E-state index in [4.69, 9.17) is 10.2 Å². The van der Waals surface area contributed by atoms with E-state index < -0.39 is 34.9 Å². The van der Waals surface area contributed by atoms with Gasteiger partial charge in [0.05, 0.1) is 13.2 Å². The monoisotopic (exact) mass is 320 g/mol. The van der Waals surface area contributed by atoms with Crippen LogP contribution in [0.2, 0.25) is 0 Å². The molecular formula is C14H28N2O6. The largest absolute Gasteiger partial charge is 0.396 e. The molecule has 0 aliphatic carbocycles. The van der Waals surface area contributed by atoms with E-state index in [0.717, 1.165) is 0 Å². The van der Waals surface area contributed by atoms with Gasteiger partial charge in [-0.25, -0.2) is 0 Å². The maximum atomic E-state index is 11.7. The summed E-state index contributed by atoms with van der Waals surface area (Å²) in [6.45, 7) is 5.63. The lowest BCUT2D eigenvalue weighted by Crippen LogP contribution is -2.49. The lowest BCUT2D eigenvalue weighted by atomic mass is 9.87. The smallest absolute Gasteiger partial charge is 0.249 e. The highest BCUT2D eigenvalue weighted by Crippen LogP contribution is 2.20. The Bertz CT molecular complexity index is 348. The molecule has 0 aromatic heterocycles. The van der Waals surface area contributed by atoms with Gasteiger partial charge in [0.1, 0.15) is 12.2 Å². The normalized spacial score (nSPS) is 15.1. The molecule has 0 heterocycles. The zero-order chi connectivity index (χ0) is 17.6. The minimum Gasteiger partial charge on any atom is -0.396 e. The Hall–Kier alpha value is -1.22. The average Bonchev–Trinajstić information content (AvgIpc) is 2.49. The van der Waals surface area contributed by atoms with Crippen LogP contribution in [0, 0.1) is 10.8 Å². The molecule has 0 aliphatic rings. The summed E-state index contributed by atoms with van der Waals surface area (Å²) in [5, 5.41) is 42.5. The van der Waals surface area contributed by atoms with Crippen molar-refractivity contribution in [3.05, 3.63) is 0 Å².